The molecule has 1 aliphatic rings. The first-order valence-electron chi connectivity index (χ1n) is 10.5. The van der Waals surface area contributed by atoms with E-state index in [0.29, 0.717) is 6.42 Å². The number of benzene rings is 3. The Hall–Kier alpha value is -3.07. The Bertz CT molecular complexity index is 1040. The number of para-hydroxylation sites is 1. The van der Waals surface area contributed by atoms with E-state index in [1.165, 1.54) is 11.1 Å². The van der Waals surface area contributed by atoms with Crippen LogP contribution in [0.2, 0.25) is 0 Å². The number of nitrogens with zero attached hydrogens (tertiary/aromatic N) is 1. The molecule has 1 amide bonds. The fraction of sp³-hybridized carbons (Fsp3) is 0.296. The summed E-state index contributed by atoms with van der Waals surface area (Å²) in [4.78, 5) is 15.5. The third-order valence-corrected chi connectivity index (χ3v) is 6.31. The minimum Gasteiger partial charge on any atom is -0.497 e. The fourth-order valence-corrected chi connectivity index (χ4v) is 5.04. The summed E-state index contributed by atoms with van der Waals surface area (Å²) in [5.41, 5.74) is 3.95. The van der Waals surface area contributed by atoms with Gasteiger partial charge in [0.25, 0.3) is 0 Å². The molecule has 3 nitrogen and oxygen atoms in total. The summed E-state index contributed by atoms with van der Waals surface area (Å²) in [7, 11) is 1.69. The number of ether oxygens (including phenoxy) is 1. The fourth-order valence-electron chi connectivity index (χ4n) is 5.04. The van der Waals surface area contributed by atoms with E-state index < -0.39 is 0 Å². The highest BCUT2D eigenvalue weighted by Crippen LogP contribution is 2.50. The van der Waals surface area contributed by atoms with Gasteiger partial charge in [-0.15, -0.1) is 0 Å². The first-order valence-corrected chi connectivity index (χ1v) is 10.5. The van der Waals surface area contributed by atoms with Gasteiger partial charge in [-0.3, -0.25) is 4.79 Å². The Morgan fingerprint density at radius 1 is 0.900 bits per heavy atom. The highest BCUT2D eigenvalue weighted by atomic mass is 16.5. The SMILES string of the molecule is COc1ccc([C@@]2(C)CC(C)(C)N(C(=O)Cc3ccccc3)c3ccccc32)cc1. The van der Waals surface area contributed by atoms with Gasteiger partial charge in [-0.1, -0.05) is 67.6 Å². The molecule has 3 heteroatoms. The quantitative estimate of drug-likeness (QED) is 0.558. The normalized spacial score (nSPS) is 19.8. The van der Waals surface area contributed by atoms with Crippen LogP contribution in [0.15, 0.2) is 78.9 Å². The second-order valence-electron chi connectivity index (χ2n) is 8.96. The first kappa shape index (κ1) is 20.2. The van der Waals surface area contributed by atoms with Crippen molar-refractivity contribution in [2.45, 2.75) is 44.6 Å². The van der Waals surface area contributed by atoms with Gasteiger partial charge in [0.15, 0.2) is 0 Å². The number of fused-ring (bicyclic) bond motifs is 1. The number of methoxy groups -OCH3 is 1. The maximum Gasteiger partial charge on any atom is 0.231 e. The van der Waals surface area contributed by atoms with Crippen molar-refractivity contribution in [3.63, 3.8) is 0 Å². The second kappa shape index (κ2) is 7.64. The van der Waals surface area contributed by atoms with Gasteiger partial charge in [-0.2, -0.15) is 0 Å². The minimum absolute atomic E-state index is 0.135. The van der Waals surface area contributed by atoms with Gasteiger partial charge >= 0.3 is 0 Å². The molecule has 0 radical (unpaired) electrons. The van der Waals surface area contributed by atoms with Crippen LogP contribution in [0.1, 0.15) is 43.9 Å². The van der Waals surface area contributed by atoms with Gasteiger partial charge in [-0.25, -0.2) is 0 Å². The molecule has 1 aliphatic heterocycles. The molecular weight excluding hydrogens is 370 g/mol. The van der Waals surface area contributed by atoms with Crippen LogP contribution in [0.3, 0.4) is 0 Å². The average molecular weight is 400 g/mol. The highest BCUT2D eigenvalue weighted by Gasteiger charge is 2.47. The van der Waals surface area contributed by atoms with Gasteiger partial charge in [0.2, 0.25) is 5.91 Å². The zero-order valence-corrected chi connectivity index (χ0v) is 18.2. The Morgan fingerprint density at radius 3 is 2.20 bits per heavy atom. The van der Waals surface area contributed by atoms with Crippen molar-refractivity contribution < 1.29 is 9.53 Å². The van der Waals surface area contributed by atoms with Gasteiger partial charge < -0.3 is 9.64 Å². The Morgan fingerprint density at radius 2 is 1.53 bits per heavy atom. The molecule has 0 saturated heterocycles. The zero-order valence-electron chi connectivity index (χ0n) is 18.2. The molecular formula is C27H29NO2. The molecule has 3 aromatic rings. The van der Waals surface area contributed by atoms with Crippen LogP contribution in [-0.4, -0.2) is 18.6 Å². The van der Waals surface area contributed by atoms with E-state index in [1.807, 2.05) is 53.4 Å². The highest BCUT2D eigenvalue weighted by molar-refractivity contribution is 5.98. The molecule has 0 aromatic heterocycles. The van der Waals surface area contributed by atoms with E-state index in [1.54, 1.807) is 7.11 Å². The van der Waals surface area contributed by atoms with Crippen LogP contribution in [0.5, 0.6) is 5.75 Å². The van der Waals surface area contributed by atoms with Crippen LogP contribution < -0.4 is 9.64 Å². The Labute approximate surface area is 179 Å². The number of anilines is 1. The maximum atomic E-state index is 13.5. The minimum atomic E-state index is -0.325. The lowest BCUT2D eigenvalue weighted by atomic mass is 9.65. The van der Waals surface area contributed by atoms with Crippen LogP contribution in [0.25, 0.3) is 0 Å². The lowest BCUT2D eigenvalue weighted by Crippen LogP contribution is -2.56. The van der Waals surface area contributed by atoms with Crippen LogP contribution >= 0.6 is 0 Å². The van der Waals surface area contributed by atoms with E-state index in [0.717, 1.165) is 23.4 Å². The molecule has 1 atom stereocenters. The molecule has 0 bridgehead atoms. The average Bonchev–Trinajstić information content (AvgIpc) is 2.74. The van der Waals surface area contributed by atoms with Crippen LogP contribution in [-0.2, 0) is 16.6 Å². The molecule has 1 heterocycles. The molecule has 0 unspecified atom stereocenters. The molecule has 4 rings (SSSR count). The van der Waals surface area contributed by atoms with Gasteiger partial charge in [-0.05, 0) is 55.2 Å². The van der Waals surface area contributed by atoms with Gasteiger partial charge in [0.1, 0.15) is 5.75 Å². The summed E-state index contributed by atoms with van der Waals surface area (Å²) in [6.07, 6.45) is 1.24. The van der Waals surface area contributed by atoms with E-state index >= 15 is 0 Å². The summed E-state index contributed by atoms with van der Waals surface area (Å²) < 4.78 is 5.35. The molecule has 3 aromatic carbocycles. The van der Waals surface area contributed by atoms with Crippen molar-refractivity contribution in [2.75, 3.05) is 12.0 Å². The van der Waals surface area contributed by atoms with E-state index in [4.69, 9.17) is 4.74 Å². The van der Waals surface area contributed by atoms with Crippen LogP contribution in [0, 0.1) is 0 Å². The smallest absolute Gasteiger partial charge is 0.231 e. The lowest BCUT2D eigenvalue weighted by Gasteiger charge is -2.51. The van der Waals surface area contributed by atoms with E-state index in [2.05, 4.69) is 51.1 Å². The number of hydrogen-bond donors (Lipinski definition) is 0. The molecule has 30 heavy (non-hydrogen) atoms. The Kier molecular flexibility index (Phi) is 5.15. The number of rotatable bonds is 4. The molecule has 0 spiro atoms. The molecule has 0 N–H and O–H groups in total. The predicted molar refractivity (Wildman–Crippen MR) is 122 cm³/mol. The van der Waals surface area contributed by atoms with Gasteiger partial charge in [0.05, 0.1) is 13.5 Å². The summed E-state index contributed by atoms with van der Waals surface area (Å²) in [5, 5.41) is 0. The lowest BCUT2D eigenvalue weighted by molar-refractivity contribution is -0.119. The summed E-state index contributed by atoms with van der Waals surface area (Å²) in [6, 6.07) is 26.7. The molecule has 0 saturated carbocycles. The number of carbonyl (C=O) groups excluding carboxylic acids is 1. The molecule has 0 aliphatic carbocycles. The second-order valence-corrected chi connectivity index (χ2v) is 8.96. The largest absolute Gasteiger partial charge is 0.497 e. The van der Waals surface area contributed by atoms with E-state index in [-0.39, 0.29) is 16.9 Å². The topological polar surface area (TPSA) is 29.5 Å². The monoisotopic (exact) mass is 399 g/mol. The summed E-state index contributed by atoms with van der Waals surface area (Å²) >= 11 is 0. The summed E-state index contributed by atoms with van der Waals surface area (Å²) in [5.74, 6) is 0.987. The zero-order chi connectivity index (χ0) is 21.4. The van der Waals surface area contributed by atoms with E-state index in [9.17, 15) is 4.79 Å². The number of carbonyl (C=O) groups is 1. The van der Waals surface area contributed by atoms with Crippen molar-refractivity contribution >= 4 is 11.6 Å². The third kappa shape index (κ3) is 3.49. The van der Waals surface area contributed by atoms with Crippen molar-refractivity contribution in [2.24, 2.45) is 0 Å². The number of amides is 1. The Balaban J connectivity index is 1.78. The summed E-state index contributed by atoms with van der Waals surface area (Å²) in [6.45, 7) is 6.63. The molecule has 154 valence electrons. The predicted octanol–water partition coefficient (Wildman–Crippen LogP) is 5.76. The van der Waals surface area contributed by atoms with Crippen LogP contribution in [0.4, 0.5) is 5.69 Å². The van der Waals surface area contributed by atoms with Crippen molar-refractivity contribution in [1.82, 2.24) is 0 Å². The maximum absolute atomic E-state index is 13.5. The standard InChI is InChI=1S/C27H29NO2/c1-26(2)19-27(3,21-14-16-22(30-4)17-15-21)23-12-8-9-13-24(23)28(26)25(29)18-20-10-6-5-7-11-20/h5-17H,18-19H2,1-4H3/t27-/m1/s1. The first-order chi connectivity index (χ1) is 14.3. The third-order valence-electron chi connectivity index (χ3n) is 6.31. The van der Waals surface area contributed by atoms with Gasteiger partial charge in [0, 0.05) is 16.6 Å². The van der Waals surface area contributed by atoms with Crippen molar-refractivity contribution in [1.29, 1.82) is 0 Å². The van der Waals surface area contributed by atoms with Crippen molar-refractivity contribution in [3.8, 4) is 5.75 Å². The molecule has 0 fully saturated rings. The number of hydrogen-bond acceptors (Lipinski definition) is 2. The van der Waals surface area contributed by atoms with Crippen molar-refractivity contribution in [3.05, 3.63) is 95.6 Å².